The van der Waals surface area contributed by atoms with Crippen molar-refractivity contribution < 1.29 is 4.42 Å². The van der Waals surface area contributed by atoms with Gasteiger partial charge in [0.1, 0.15) is 5.58 Å². The van der Waals surface area contributed by atoms with Crippen molar-refractivity contribution in [1.29, 1.82) is 0 Å². The van der Waals surface area contributed by atoms with E-state index in [0.29, 0.717) is 0 Å². The van der Waals surface area contributed by atoms with Crippen LogP contribution in [0.4, 0.5) is 0 Å². The van der Waals surface area contributed by atoms with E-state index in [1.807, 2.05) is 49.7 Å². The summed E-state index contributed by atoms with van der Waals surface area (Å²) in [4.78, 5) is 7.90. The molecule has 120 valence electrons. The van der Waals surface area contributed by atoms with Gasteiger partial charge >= 0.3 is 0 Å². The molecule has 0 aliphatic rings. The summed E-state index contributed by atoms with van der Waals surface area (Å²) in [5.74, 6) is 0. The standard InChI is InChI=1S/C22H16N2O/c1-3-7-17-13(4-2)19-14-10-11-23-12-16(14)20-15-8-5-6-9-18(15)25-22(20)21(19)24-17/h3-12,24H,2H2,1H3/b7-3-. The number of hydrogen-bond donors (Lipinski definition) is 1. The van der Waals surface area contributed by atoms with E-state index in [4.69, 9.17) is 4.42 Å². The quantitative estimate of drug-likeness (QED) is 0.414. The molecule has 5 rings (SSSR count). The van der Waals surface area contributed by atoms with Gasteiger partial charge in [-0.25, -0.2) is 0 Å². The van der Waals surface area contributed by atoms with Gasteiger partial charge < -0.3 is 9.40 Å². The molecule has 0 radical (unpaired) electrons. The van der Waals surface area contributed by atoms with E-state index >= 15 is 0 Å². The summed E-state index contributed by atoms with van der Waals surface area (Å²) >= 11 is 0. The van der Waals surface area contributed by atoms with Crippen molar-refractivity contribution in [3.8, 4) is 0 Å². The molecule has 0 fully saturated rings. The molecule has 0 amide bonds. The Bertz CT molecular complexity index is 1320. The Morgan fingerprint density at radius 2 is 1.96 bits per heavy atom. The molecule has 0 saturated heterocycles. The first-order valence-electron chi connectivity index (χ1n) is 8.31. The van der Waals surface area contributed by atoms with Gasteiger partial charge in [0.15, 0.2) is 5.58 Å². The van der Waals surface area contributed by atoms with Crippen LogP contribution >= 0.6 is 0 Å². The SMILES string of the molecule is C=Cc1c(/C=C\C)[nH]c2c3oc4ccccc4c3c3cnccc3c12. The average molecular weight is 324 g/mol. The number of H-pyrrole nitrogens is 1. The lowest BCUT2D eigenvalue weighted by molar-refractivity contribution is 0.672. The van der Waals surface area contributed by atoms with Crippen LogP contribution in [0.3, 0.4) is 0 Å². The number of furan rings is 1. The smallest absolute Gasteiger partial charge is 0.160 e. The molecule has 0 aliphatic carbocycles. The monoisotopic (exact) mass is 324 g/mol. The fourth-order valence-electron chi connectivity index (χ4n) is 3.79. The number of nitrogens with one attached hydrogen (secondary N) is 1. The lowest BCUT2D eigenvalue weighted by Crippen LogP contribution is -1.81. The summed E-state index contributed by atoms with van der Waals surface area (Å²) in [6.45, 7) is 6.04. The minimum Gasteiger partial charge on any atom is -0.454 e. The normalized spacial score (nSPS) is 12.2. The van der Waals surface area contributed by atoms with E-state index in [1.54, 1.807) is 0 Å². The van der Waals surface area contributed by atoms with E-state index < -0.39 is 0 Å². The number of benzene rings is 2. The van der Waals surface area contributed by atoms with Gasteiger partial charge in [0.05, 0.1) is 5.52 Å². The summed E-state index contributed by atoms with van der Waals surface area (Å²) in [5.41, 5.74) is 4.89. The fourth-order valence-corrected chi connectivity index (χ4v) is 3.79. The molecule has 0 unspecified atom stereocenters. The highest BCUT2D eigenvalue weighted by atomic mass is 16.3. The lowest BCUT2D eigenvalue weighted by Gasteiger charge is -2.03. The van der Waals surface area contributed by atoms with Crippen LogP contribution in [0.2, 0.25) is 0 Å². The zero-order chi connectivity index (χ0) is 17.0. The molecule has 5 aromatic rings. The third-order valence-corrected chi connectivity index (χ3v) is 4.79. The van der Waals surface area contributed by atoms with Crippen molar-refractivity contribution >= 4 is 55.8 Å². The Kier molecular flexibility index (Phi) is 2.86. The van der Waals surface area contributed by atoms with Crippen LogP contribution in [0.25, 0.3) is 55.8 Å². The summed E-state index contributed by atoms with van der Waals surface area (Å²) in [6.07, 6.45) is 9.76. The maximum absolute atomic E-state index is 6.25. The second-order valence-corrected chi connectivity index (χ2v) is 6.13. The number of fused-ring (bicyclic) bond motifs is 8. The van der Waals surface area contributed by atoms with Gasteiger partial charge in [-0.3, -0.25) is 4.98 Å². The van der Waals surface area contributed by atoms with Gasteiger partial charge in [-0.2, -0.15) is 0 Å². The lowest BCUT2D eigenvalue weighted by atomic mass is 9.99. The van der Waals surface area contributed by atoms with Crippen molar-refractivity contribution in [3.63, 3.8) is 0 Å². The number of pyridine rings is 1. The van der Waals surface area contributed by atoms with Crippen molar-refractivity contribution in [2.24, 2.45) is 0 Å². The van der Waals surface area contributed by atoms with Crippen LogP contribution in [0, 0.1) is 0 Å². The molecular formula is C22H16N2O. The molecule has 0 saturated carbocycles. The Balaban J connectivity index is 2.17. The van der Waals surface area contributed by atoms with E-state index in [0.717, 1.165) is 54.9 Å². The molecule has 0 atom stereocenters. The van der Waals surface area contributed by atoms with Crippen molar-refractivity contribution in [2.45, 2.75) is 6.92 Å². The molecule has 3 heterocycles. The number of aromatic amines is 1. The third kappa shape index (κ3) is 1.78. The number of nitrogens with zero attached hydrogens (tertiary/aromatic N) is 1. The molecule has 0 bridgehead atoms. The van der Waals surface area contributed by atoms with Crippen LogP contribution in [0.1, 0.15) is 18.2 Å². The largest absolute Gasteiger partial charge is 0.454 e. The third-order valence-electron chi connectivity index (χ3n) is 4.79. The van der Waals surface area contributed by atoms with Crippen LogP contribution in [-0.2, 0) is 0 Å². The van der Waals surface area contributed by atoms with Crippen LogP contribution < -0.4 is 0 Å². The molecule has 2 aromatic carbocycles. The highest BCUT2D eigenvalue weighted by Crippen LogP contribution is 2.42. The zero-order valence-corrected chi connectivity index (χ0v) is 13.8. The predicted octanol–water partition coefficient (Wildman–Crippen LogP) is 6.29. The second-order valence-electron chi connectivity index (χ2n) is 6.13. The molecule has 0 aliphatic heterocycles. The number of allylic oxidation sites excluding steroid dienone is 1. The number of para-hydroxylation sites is 1. The minimum atomic E-state index is 0.871. The fraction of sp³-hybridized carbons (Fsp3) is 0.0455. The first-order chi connectivity index (χ1) is 12.3. The van der Waals surface area contributed by atoms with Crippen molar-refractivity contribution in [1.82, 2.24) is 9.97 Å². The Morgan fingerprint density at radius 1 is 1.08 bits per heavy atom. The van der Waals surface area contributed by atoms with Crippen molar-refractivity contribution in [2.75, 3.05) is 0 Å². The Morgan fingerprint density at radius 3 is 2.80 bits per heavy atom. The predicted molar refractivity (Wildman–Crippen MR) is 106 cm³/mol. The maximum atomic E-state index is 6.25. The number of hydrogen-bond acceptors (Lipinski definition) is 2. The molecule has 1 N–H and O–H groups in total. The van der Waals surface area contributed by atoms with Gasteiger partial charge in [0.25, 0.3) is 0 Å². The molecule has 3 aromatic heterocycles. The summed E-state index contributed by atoms with van der Waals surface area (Å²) < 4.78 is 6.25. The van der Waals surface area contributed by atoms with Gasteiger partial charge in [-0.1, -0.05) is 36.9 Å². The van der Waals surface area contributed by atoms with Crippen molar-refractivity contribution in [3.05, 3.63) is 66.6 Å². The highest BCUT2D eigenvalue weighted by molar-refractivity contribution is 6.30. The highest BCUT2D eigenvalue weighted by Gasteiger charge is 2.19. The molecule has 3 nitrogen and oxygen atoms in total. The summed E-state index contributed by atoms with van der Waals surface area (Å²) in [5, 5.41) is 5.61. The van der Waals surface area contributed by atoms with Gasteiger partial charge in [0.2, 0.25) is 0 Å². The van der Waals surface area contributed by atoms with E-state index in [-0.39, 0.29) is 0 Å². The molecule has 0 spiro atoms. The summed E-state index contributed by atoms with van der Waals surface area (Å²) in [7, 11) is 0. The Hall–Kier alpha value is -3.33. The minimum absolute atomic E-state index is 0.871. The van der Waals surface area contributed by atoms with Gasteiger partial charge in [-0.05, 0) is 30.5 Å². The second kappa shape index (κ2) is 5.08. The van der Waals surface area contributed by atoms with Gasteiger partial charge in [-0.15, -0.1) is 0 Å². The van der Waals surface area contributed by atoms with Crippen LogP contribution in [0.5, 0.6) is 0 Å². The van der Waals surface area contributed by atoms with Gasteiger partial charge in [0, 0.05) is 45.2 Å². The Labute approximate surface area is 144 Å². The number of rotatable bonds is 2. The van der Waals surface area contributed by atoms with E-state index in [9.17, 15) is 0 Å². The van der Waals surface area contributed by atoms with E-state index in [2.05, 4.69) is 34.8 Å². The first kappa shape index (κ1) is 14.1. The maximum Gasteiger partial charge on any atom is 0.160 e. The molecule has 3 heteroatoms. The van der Waals surface area contributed by atoms with Crippen LogP contribution in [-0.4, -0.2) is 9.97 Å². The van der Waals surface area contributed by atoms with Crippen LogP contribution in [0.15, 0.2) is 59.8 Å². The molecule has 25 heavy (non-hydrogen) atoms. The summed E-state index contributed by atoms with van der Waals surface area (Å²) in [6, 6.07) is 10.2. The van der Waals surface area contributed by atoms with E-state index in [1.165, 1.54) is 0 Å². The topological polar surface area (TPSA) is 41.8 Å². The zero-order valence-electron chi connectivity index (χ0n) is 13.8. The average Bonchev–Trinajstić information content (AvgIpc) is 3.20. The molecular weight excluding hydrogens is 308 g/mol. The first-order valence-corrected chi connectivity index (χ1v) is 8.31. The number of aromatic nitrogens is 2.